The van der Waals surface area contributed by atoms with Crippen LogP contribution in [0.5, 0.6) is 11.5 Å². The van der Waals surface area contributed by atoms with Crippen molar-refractivity contribution in [3.05, 3.63) is 29.4 Å². The minimum absolute atomic E-state index is 0.000771. The maximum atomic E-state index is 13.4. The predicted octanol–water partition coefficient (Wildman–Crippen LogP) is 4.03. The molecule has 24 heavy (non-hydrogen) atoms. The van der Waals surface area contributed by atoms with Gasteiger partial charge in [-0.15, -0.1) is 0 Å². The molecule has 1 aromatic carbocycles. The molecular formula is C15H11F2N3O3S. The standard InChI is InChI=1S/C15H11F2N3O3S/c1-15(16,17)13-19-20-9(6-18-14(20)24-13)12-5-8-10(21)3-7(22-2)4-11(8)23-12/h3-6,21H,1-2H3. The van der Waals surface area contributed by atoms with Crippen molar-refractivity contribution in [2.75, 3.05) is 7.11 Å². The fourth-order valence-electron chi connectivity index (χ4n) is 2.38. The first kappa shape index (κ1) is 14.9. The Hall–Kier alpha value is -2.68. The Morgan fingerprint density at radius 1 is 1.33 bits per heavy atom. The molecule has 0 bridgehead atoms. The summed E-state index contributed by atoms with van der Waals surface area (Å²) in [6, 6.07) is 4.70. The molecule has 0 saturated carbocycles. The lowest BCUT2D eigenvalue weighted by atomic mass is 10.2. The van der Waals surface area contributed by atoms with Crippen molar-refractivity contribution < 1.29 is 23.0 Å². The van der Waals surface area contributed by atoms with Crippen LogP contribution in [-0.2, 0) is 5.92 Å². The lowest BCUT2D eigenvalue weighted by Gasteiger charge is -2.03. The van der Waals surface area contributed by atoms with Gasteiger partial charge in [-0.05, 0) is 6.07 Å². The van der Waals surface area contributed by atoms with Crippen LogP contribution in [0.15, 0.2) is 28.8 Å². The van der Waals surface area contributed by atoms with E-state index >= 15 is 0 Å². The number of alkyl halides is 2. The van der Waals surface area contributed by atoms with E-state index in [1.807, 2.05) is 0 Å². The highest BCUT2D eigenvalue weighted by Gasteiger charge is 2.30. The summed E-state index contributed by atoms with van der Waals surface area (Å²) in [7, 11) is 1.48. The maximum absolute atomic E-state index is 13.4. The molecule has 4 aromatic rings. The van der Waals surface area contributed by atoms with E-state index in [9.17, 15) is 13.9 Å². The molecule has 0 saturated heterocycles. The van der Waals surface area contributed by atoms with Crippen molar-refractivity contribution >= 4 is 27.3 Å². The second-order valence-corrected chi connectivity index (χ2v) is 6.26. The number of imidazole rings is 1. The third-order valence-corrected chi connectivity index (χ3v) is 4.63. The number of aromatic nitrogens is 3. The Labute approximate surface area is 137 Å². The lowest BCUT2D eigenvalue weighted by molar-refractivity contribution is 0.0163. The average molecular weight is 351 g/mol. The van der Waals surface area contributed by atoms with Crippen molar-refractivity contribution in [2.24, 2.45) is 0 Å². The maximum Gasteiger partial charge on any atom is 0.298 e. The number of halogens is 2. The van der Waals surface area contributed by atoms with Gasteiger partial charge >= 0.3 is 0 Å². The van der Waals surface area contributed by atoms with Crippen LogP contribution in [0.1, 0.15) is 11.9 Å². The zero-order valence-electron chi connectivity index (χ0n) is 12.6. The molecule has 0 aliphatic carbocycles. The molecule has 0 amide bonds. The summed E-state index contributed by atoms with van der Waals surface area (Å²) in [5.41, 5.74) is 0.833. The van der Waals surface area contributed by atoms with Crippen molar-refractivity contribution in [3.63, 3.8) is 0 Å². The van der Waals surface area contributed by atoms with Crippen LogP contribution in [0.25, 0.3) is 27.4 Å². The van der Waals surface area contributed by atoms with Gasteiger partial charge in [0.05, 0.1) is 18.7 Å². The van der Waals surface area contributed by atoms with E-state index in [0.717, 1.165) is 18.3 Å². The van der Waals surface area contributed by atoms with E-state index in [2.05, 4.69) is 10.1 Å². The smallest absolute Gasteiger partial charge is 0.298 e. The zero-order chi connectivity index (χ0) is 17.1. The van der Waals surface area contributed by atoms with Crippen LogP contribution in [0.4, 0.5) is 8.78 Å². The fraction of sp³-hybridized carbons (Fsp3) is 0.200. The van der Waals surface area contributed by atoms with E-state index in [0.29, 0.717) is 33.1 Å². The number of benzene rings is 1. The summed E-state index contributed by atoms with van der Waals surface area (Å²) in [5.74, 6) is -2.24. The average Bonchev–Trinajstić information content (AvgIpc) is 3.18. The van der Waals surface area contributed by atoms with Gasteiger partial charge in [-0.3, -0.25) is 0 Å². The monoisotopic (exact) mass is 351 g/mol. The van der Waals surface area contributed by atoms with E-state index < -0.39 is 5.92 Å². The number of hydrogen-bond donors (Lipinski definition) is 1. The highest BCUT2D eigenvalue weighted by molar-refractivity contribution is 7.16. The molecule has 1 N–H and O–H groups in total. The number of hydrogen-bond acceptors (Lipinski definition) is 6. The van der Waals surface area contributed by atoms with Crippen molar-refractivity contribution in [1.29, 1.82) is 0 Å². The highest BCUT2D eigenvalue weighted by Crippen LogP contribution is 2.37. The summed E-state index contributed by atoms with van der Waals surface area (Å²) < 4.78 is 39.0. The molecule has 0 aliphatic rings. The van der Waals surface area contributed by atoms with E-state index in [1.54, 1.807) is 12.1 Å². The fourth-order valence-corrected chi connectivity index (χ4v) is 3.18. The van der Waals surface area contributed by atoms with Gasteiger partial charge in [0.25, 0.3) is 5.92 Å². The Morgan fingerprint density at radius 2 is 2.12 bits per heavy atom. The number of rotatable bonds is 3. The summed E-state index contributed by atoms with van der Waals surface area (Å²) in [6.45, 7) is 0.788. The molecule has 6 nitrogen and oxygen atoms in total. The molecule has 3 aromatic heterocycles. The molecule has 0 radical (unpaired) electrons. The van der Waals surface area contributed by atoms with Gasteiger partial charge in [-0.25, -0.2) is 4.98 Å². The molecule has 0 aliphatic heterocycles. The van der Waals surface area contributed by atoms with Crippen molar-refractivity contribution in [2.45, 2.75) is 12.8 Å². The second-order valence-electron chi connectivity index (χ2n) is 5.30. The first-order valence-electron chi connectivity index (χ1n) is 6.90. The zero-order valence-corrected chi connectivity index (χ0v) is 13.4. The number of nitrogens with zero attached hydrogens (tertiary/aromatic N) is 3. The Bertz CT molecular complexity index is 1060. The molecule has 0 spiro atoms. The number of furan rings is 1. The van der Waals surface area contributed by atoms with Crippen LogP contribution >= 0.6 is 11.3 Å². The SMILES string of the molecule is COc1cc(O)c2cc(-c3cnc4sc(C(C)(F)F)nn34)oc2c1. The molecular weight excluding hydrogens is 340 g/mol. The molecule has 4 rings (SSSR count). The van der Waals surface area contributed by atoms with Crippen molar-refractivity contribution in [1.82, 2.24) is 14.6 Å². The van der Waals surface area contributed by atoms with Crippen LogP contribution in [0.2, 0.25) is 0 Å². The number of ether oxygens (including phenoxy) is 1. The first-order chi connectivity index (χ1) is 11.4. The molecule has 3 heterocycles. The lowest BCUT2D eigenvalue weighted by Crippen LogP contribution is -2.07. The molecule has 0 atom stereocenters. The van der Waals surface area contributed by atoms with Gasteiger partial charge in [0, 0.05) is 19.1 Å². The summed E-state index contributed by atoms with van der Waals surface area (Å²) in [4.78, 5) is 4.43. The Morgan fingerprint density at radius 3 is 2.83 bits per heavy atom. The number of methoxy groups -OCH3 is 1. The van der Waals surface area contributed by atoms with E-state index in [1.165, 1.54) is 23.9 Å². The predicted molar refractivity (Wildman–Crippen MR) is 83.9 cm³/mol. The minimum Gasteiger partial charge on any atom is -0.507 e. The molecule has 0 unspecified atom stereocenters. The van der Waals surface area contributed by atoms with Gasteiger partial charge in [-0.2, -0.15) is 18.4 Å². The van der Waals surface area contributed by atoms with Gasteiger partial charge < -0.3 is 14.3 Å². The van der Waals surface area contributed by atoms with Crippen LogP contribution in [-0.4, -0.2) is 26.8 Å². The van der Waals surface area contributed by atoms with Crippen LogP contribution in [0.3, 0.4) is 0 Å². The quantitative estimate of drug-likeness (QED) is 0.603. The molecule has 124 valence electrons. The Balaban J connectivity index is 1.89. The molecule has 0 fully saturated rings. The summed E-state index contributed by atoms with van der Waals surface area (Å²) >= 11 is 0.816. The third-order valence-electron chi connectivity index (χ3n) is 3.54. The van der Waals surface area contributed by atoms with Gasteiger partial charge in [0.2, 0.25) is 4.96 Å². The highest BCUT2D eigenvalue weighted by atomic mass is 32.1. The third kappa shape index (κ3) is 2.20. The minimum atomic E-state index is -3.04. The van der Waals surface area contributed by atoms with Gasteiger partial charge in [-0.1, -0.05) is 11.3 Å². The van der Waals surface area contributed by atoms with E-state index in [4.69, 9.17) is 9.15 Å². The number of phenols is 1. The second kappa shape index (κ2) is 4.91. The normalized spacial score (nSPS) is 12.3. The number of aromatic hydroxyl groups is 1. The Kier molecular flexibility index (Phi) is 3.04. The molecule has 9 heteroatoms. The largest absolute Gasteiger partial charge is 0.507 e. The number of fused-ring (bicyclic) bond motifs is 2. The van der Waals surface area contributed by atoms with Gasteiger partial charge in [0.1, 0.15) is 22.8 Å². The van der Waals surface area contributed by atoms with Crippen LogP contribution in [0, 0.1) is 0 Å². The van der Waals surface area contributed by atoms with E-state index in [-0.39, 0.29) is 10.8 Å². The van der Waals surface area contributed by atoms with Gasteiger partial charge in [0.15, 0.2) is 10.8 Å². The number of phenolic OH excluding ortho intramolecular Hbond substituents is 1. The summed E-state index contributed by atoms with van der Waals surface area (Å²) in [6.07, 6.45) is 1.49. The first-order valence-corrected chi connectivity index (χ1v) is 7.72. The van der Waals surface area contributed by atoms with Crippen LogP contribution < -0.4 is 4.74 Å². The summed E-state index contributed by atoms with van der Waals surface area (Å²) in [5, 5.41) is 14.1. The van der Waals surface area contributed by atoms with Crippen molar-refractivity contribution in [3.8, 4) is 23.0 Å². The topological polar surface area (TPSA) is 72.8 Å².